The molecule has 2 aromatic carbocycles. The molecule has 0 heterocycles. The molecule has 4 nitrogen and oxygen atoms in total. The normalized spacial score (nSPS) is 12.6. The Balaban J connectivity index is 2.07. The van der Waals surface area contributed by atoms with Crippen LogP contribution in [0.2, 0.25) is 0 Å². The first-order valence-corrected chi connectivity index (χ1v) is 8.19. The van der Waals surface area contributed by atoms with Gasteiger partial charge in [-0.3, -0.25) is 0 Å². The van der Waals surface area contributed by atoms with Gasteiger partial charge in [0.15, 0.2) is 0 Å². The van der Waals surface area contributed by atoms with Crippen LogP contribution in [0.25, 0.3) is 0 Å². The minimum atomic E-state index is -3.41. The van der Waals surface area contributed by atoms with Crippen LogP contribution in [0.3, 0.4) is 0 Å². The van der Waals surface area contributed by atoms with Gasteiger partial charge in [-0.2, -0.15) is 5.26 Å². The summed E-state index contributed by atoms with van der Waals surface area (Å²) in [5, 5.41) is 8.76. The molecule has 2 aromatic rings. The Labute approximate surface area is 125 Å². The van der Waals surface area contributed by atoms with Crippen molar-refractivity contribution in [1.82, 2.24) is 4.72 Å². The molecular formula is C16H16N2O2S. The fourth-order valence-corrected chi connectivity index (χ4v) is 3.41. The van der Waals surface area contributed by atoms with Crippen LogP contribution in [0.15, 0.2) is 54.6 Å². The van der Waals surface area contributed by atoms with Gasteiger partial charge in [0.05, 0.1) is 17.4 Å². The van der Waals surface area contributed by atoms with Crippen LogP contribution in [0, 0.1) is 11.3 Å². The summed E-state index contributed by atoms with van der Waals surface area (Å²) in [5.41, 5.74) is 2.13. The van der Waals surface area contributed by atoms with Crippen molar-refractivity contribution in [2.75, 3.05) is 0 Å². The number of nitriles is 1. The highest BCUT2D eigenvalue weighted by Gasteiger charge is 2.16. The fourth-order valence-electron chi connectivity index (χ4n) is 2.02. The Morgan fingerprint density at radius 2 is 1.71 bits per heavy atom. The molecule has 0 saturated heterocycles. The van der Waals surface area contributed by atoms with Gasteiger partial charge in [0.2, 0.25) is 10.0 Å². The zero-order chi connectivity index (χ0) is 15.3. The van der Waals surface area contributed by atoms with Gasteiger partial charge >= 0.3 is 0 Å². The average Bonchev–Trinajstić information content (AvgIpc) is 2.47. The van der Waals surface area contributed by atoms with E-state index in [2.05, 4.69) is 4.72 Å². The summed E-state index contributed by atoms with van der Waals surface area (Å²) in [5.74, 6) is -0.0472. The van der Waals surface area contributed by atoms with E-state index in [1.54, 1.807) is 43.3 Å². The lowest BCUT2D eigenvalue weighted by Crippen LogP contribution is -2.28. The number of hydrogen-bond donors (Lipinski definition) is 1. The van der Waals surface area contributed by atoms with Gasteiger partial charge in [0.25, 0.3) is 0 Å². The standard InChI is InChI=1S/C16H16N2O2S/c1-13(16-9-7-14(11-17)8-10-16)18-21(19,20)12-15-5-3-2-4-6-15/h2-10,13,18H,12H2,1H3/t13-/m1/s1. The molecule has 1 N–H and O–H groups in total. The zero-order valence-corrected chi connectivity index (χ0v) is 12.5. The largest absolute Gasteiger partial charge is 0.216 e. The topological polar surface area (TPSA) is 70.0 Å². The minimum absolute atomic E-state index is 0.0472. The first-order chi connectivity index (χ1) is 10.00. The summed E-state index contributed by atoms with van der Waals surface area (Å²) in [6, 6.07) is 17.6. The smallest absolute Gasteiger partial charge is 0.212 e. The third-order valence-electron chi connectivity index (χ3n) is 3.10. The van der Waals surface area contributed by atoms with E-state index in [0.29, 0.717) is 5.56 Å². The summed E-state index contributed by atoms with van der Waals surface area (Å²) in [6.07, 6.45) is 0. The first kappa shape index (κ1) is 15.2. The maximum absolute atomic E-state index is 12.1. The van der Waals surface area contributed by atoms with Crippen molar-refractivity contribution in [3.05, 3.63) is 71.3 Å². The molecule has 0 aromatic heterocycles. The number of sulfonamides is 1. The molecule has 0 amide bonds. The second-order valence-electron chi connectivity index (χ2n) is 4.82. The van der Waals surface area contributed by atoms with Crippen LogP contribution in [0.4, 0.5) is 0 Å². The molecule has 0 aliphatic rings. The fraction of sp³-hybridized carbons (Fsp3) is 0.188. The molecule has 2 rings (SSSR count). The summed E-state index contributed by atoms with van der Waals surface area (Å²) >= 11 is 0. The molecule has 108 valence electrons. The van der Waals surface area contributed by atoms with Crippen LogP contribution >= 0.6 is 0 Å². The first-order valence-electron chi connectivity index (χ1n) is 6.54. The van der Waals surface area contributed by atoms with Crippen LogP contribution < -0.4 is 4.72 Å². The lowest BCUT2D eigenvalue weighted by Gasteiger charge is -2.14. The Hall–Kier alpha value is -2.16. The lowest BCUT2D eigenvalue weighted by molar-refractivity contribution is 0.566. The third kappa shape index (κ3) is 4.42. The molecule has 0 unspecified atom stereocenters. The number of nitrogens with one attached hydrogen (secondary N) is 1. The quantitative estimate of drug-likeness (QED) is 0.923. The van der Waals surface area contributed by atoms with Gasteiger partial charge in [-0.1, -0.05) is 42.5 Å². The van der Waals surface area contributed by atoms with Gasteiger partial charge in [0.1, 0.15) is 0 Å². The van der Waals surface area contributed by atoms with Gasteiger partial charge in [-0.15, -0.1) is 0 Å². The maximum Gasteiger partial charge on any atom is 0.216 e. The van der Waals surface area contributed by atoms with Gasteiger partial charge in [0, 0.05) is 6.04 Å². The highest BCUT2D eigenvalue weighted by molar-refractivity contribution is 7.88. The van der Waals surface area contributed by atoms with Crippen molar-refractivity contribution in [2.45, 2.75) is 18.7 Å². The van der Waals surface area contributed by atoms with Crippen molar-refractivity contribution in [2.24, 2.45) is 0 Å². The summed E-state index contributed by atoms with van der Waals surface area (Å²) < 4.78 is 26.9. The van der Waals surface area contributed by atoms with Gasteiger partial charge in [-0.25, -0.2) is 13.1 Å². The van der Waals surface area contributed by atoms with Crippen molar-refractivity contribution in [3.63, 3.8) is 0 Å². The van der Waals surface area contributed by atoms with E-state index >= 15 is 0 Å². The maximum atomic E-state index is 12.1. The predicted octanol–water partition coefficient (Wildman–Crippen LogP) is 2.74. The Bertz CT molecular complexity index is 732. The van der Waals surface area contributed by atoms with Crippen molar-refractivity contribution in [1.29, 1.82) is 5.26 Å². The summed E-state index contributed by atoms with van der Waals surface area (Å²) in [6.45, 7) is 1.78. The number of rotatable bonds is 5. The van der Waals surface area contributed by atoms with Gasteiger partial charge in [-0.05, 0) is 30.2 Å². The minimum Gasteiger partial charge on any atom is -0.212 e. The number of benzene rings is 2. The Morgan fingerprint density at radius 3 is 2.29 bits per heavy atom. The molecule has 0 aliphatic carbocycles. The Morgan fingerprint density at radius 1 is 1.10 bits per heavy atom. The molecule has 1 atom stereocenters. The van der Waals surface area contributed by atoms with Crippen LogP contribution in [0.1, 0.15) is 29.7 Å². The SMILES string of the molecule is C[C@@H](NS(=O)(=O)Cc1ccccc1)c1ccc(C#N)cc1. The molecule has 21 heavy (non-hydrogen) atoms. The van der Waals surface area contributed by atoms with Crippen molar-refractivity contribution in [3.8, 4) is 6.07 Å². The van der Waals surface area contributed by atoms with Crippen molar-refractivity contribution < 1.29 is 8.42 Å². The molecule has 0 bridgehead atoms. The molecule has 0 aliphatic heterocycles. The lowest BCUT2D eigenvalue weighted by atomic mass is 10.1. The van der Waals surface area contributed by atoms with Gasteiger partial charge < -0.3 is 0 Å². The van der Waals surface area contributed by atoms with E-state index in [-0.39, 0.29) is 11.8 Å². The van der Waals surface area contributed by atoms with Crippen LogP contribution in [0.5, 0.6) is 0 Å². The highest BCUT2D eigenvalue weighted by Crippen LogP contribution is 2.15. The molecule has 0 fully saturated rings. The van der Waals surface area contributed by atoms with E-state index in [1.165, 1.54) is 0 Å². The second kappa shape index (κ2) is 6.53. The number of nitrogens with zero attached hydrogens (tertiary/aromatic N) is 1. The Kier molecular flexibility index (Phi) is 4.73. The van der Waals surface area contributed by atoms with E-state index in [9.17, 15) is 8.42 Å². The monoisotopic (exact) mass is 300 g/mol. The van der Waals surface area contributed by atoms with Crippen LogP contribution in [-0.4, -0.2) is 8.42 Å². The number of hydrogen-bond acceptors (Lipinski definition) is 3. The van der Waals surface area contributed by atoms with E-state index < -0.39 is 10.0 Å². The molecule has 0 spiro atoms. The zero-order valence-electron chi connectivity index (χ0n) is 11.7. The van der Waals surface area contributed by atoms with Crippen molar-refractivity contribution >= 4 is 10.0 Å². The predicted molar refractivity (Wildman–Crippen MR) is 81.8 cm³/mol. The summed E-state index contributed by atoms with van der Waals surface area (Å²) in [4.78, 5) is 0. The summed E-state index contributed by atoms with van der Waals surface area (Å²) in [7, 11) is -3.41. The second-order valence-corrected chi connectivity index (χ2v) is 6.57. The van der Waals surface area contributed by atoms with Crippen LogP contribution in [-0.2, 0) is 15.8 Å². The molecule has 5 heteroatoms. The van der Waals surface area contributed by atoms with E-state index in [4.69, 9.17) is 5.26 Å². The molecule has 0 radical (unpaired) electrons. The molecular weight excluding hydrogens is 284 g/mol. The average molecular weight is 300 g/mol. The highest BCUT2D eigenvalue weighted by atomic mass is 32.2. The molecule has 0 saturated carbocycles. The van der Waals surface area contributed by atoms with E-state index in [0.717, 1.165) is 11.1 Å². The van der Waals surface area contributed by atoms with E-state index in [1.807, 2.05) is 24.3 Å². The third-order valence-corrected chi connectivity index (χ3v) is 4.52.